The van der Waals surface area contributed by atoms with Crippen LogP contribution in [0.4, 0.5) is 5.69 Å². The Balaban J connectivity index is 1.12. The number of aromatic nitrogens is 3. The van der Waals surface area contributed by atoms with Gasteiger partial charge in [-0.1, -0.05) is 17.7 Å². The molecule has 1 unspecified atom stereocenters. The lowest BCUT2D eigenvalue weighted by molar-refractivity contribution is 0.0747. The number of rotatable bonds is 5. The van der Waals surface area contributed by atoms with Crippen LogP contribution in [0.15, 0.2) is 60.8 Å². The molecule has 7 nitrogen and oxygen atoms in total. The molecule has 37 heavy (non-hydrogen) atoms. The molecule has 0 bridgehead atoms. The van der Waals surface area contributed by atoms with Gasteiger partial charge in [0.05, 0.1) is 29.3 Å². The van der Waals surface area contributed by atoms with Gasteiger partial charge in [-0.05, 0) is 80.4 Å². The molecule has 1 aliphatic carbocycles. The molecule has 2 aromatic heterocycles. The summed E-state index contributed by atoms with van der Waals surface area (Å²) in [6.45, 7) is 3.68. The SMILES string of the molecule is CN(Cc1nc2ccc(C(=O)N3CCN(c4ccc(Cl)cc4)CC3)cc2[nH]1)C1CCCc2cccnc21. The van der Waals surface area contributed by atoms with Crippen molar-refractivity contribution in [2.45, 2.75) is 31.8 Å². The molecule has 190 valence electrons. The monoisotopic (exact) mass is 514 g/mol. The van der Waals surface area contributed by atoms with Crippen molar-refractivity contribution in [3.8, 4) is 0 Å². The van der Waals surface area contributed by atoms with Crippen LogP contribution in [0.2, 0.25) is 5.02 Å². The molecule has 1 amide bonds. The van der Waals surface area contributed by atoms with E-state index in [0.717, 1.165) is 53.5 Å². The van der Waals surface area contributed by atoms with Crippen molar-refractivity contribution in [1.29, 1.82) is 0 Å². The quantitative estimate of drug-likeness (QED) is 0.402. The van der Waals surface area contributed by atoms with Crippen molar-refractivity contribution in [2.24, 2.45) is 0 Å². The van der Waals surface area contributed by atoms with Gasteiger partial charge in [0.1, 0.15) is 5.82 Å². The second-order valence-corrected chi connectivity index (χ2v) is 10.5. The van der Waals surface area contributed by atoms with Crippen LogP contribution in [0.25, 0.3) is 11.0 Å². The lowest BCUT2D eigenvalue weighted by atomic mass is 9.91. The van der Waals surface area contributed by atoms with Crippen LogP contribution in [-0.2, 0) is 13.0 Å². The average molecular weight is 515 g/mol. The third-order valence-electron chi connectivity index (χ3n) is 7.63. The van der Waals surface area contributed by atoms with Gasteiger partial charge in [-0.25, -0.2) is 4.98 Å². The Morgan fingerprint density at radius 1 is 1.11 bits per heavy atom. The van der Waals surface area contributed by atoms with E-state index in [1.165, 1.54) is 17.7 Å². The molecule has 1 fully saturated rings. The van der Waals surface area contributed by atoms with E-state index < -0.39 is 0 Å². The fourth-order valence-corrected chi connectivity index (χ4v) is 5.76. The summed E-state index contributed by atoms with van der Waals surface area (Å²) in [6.07, 6.45) is 5.27. The topological polar surface area (TPSA) is 68.4 Å². The minimum absolute atomic E-state index is 0.0656. The average Bonchev–Trinajstić information content (AvgIpc) is 3.34. The number of aryl methyl sites for hydroxylation is 1. The van der Waals surface area contributed by atoms with E-state index in [1.54, 1.807) is 0 Å². The van der Waals surface area contributed by atoms with Crippen molar-refractivity contribution in [3.63, 3.8) is 0 Å². The summed E-state index contributed by atoms with van der Waals surface area (Å²) in [7, 11) is 2.14. The van der Waals surface area contributed by atoms with E-state index in [-0.39, 0.29) is 5.91 Å². The molecule has 6 rings (SSSR count). The maximum Gasteiger partial charge on any atom is 0.254 e. The van der Waals surface area contributed by atoms with Crippen LogP contribution >= 0.6 is 11.6 Å². The third-order valence-corrected chi connectivity index (χ3v) is 7.89. The van der Waals surface area contributed by atoms with Gasteiger partial charge in [0.25, 0.3) is 5.91 Å². The first-order valence-electron chi connectivity index (χ1n) is 13.0. The number of nitrogens with one attached hydrogen (secondary N) is 1. The second kappa shape index (κ2) is 10.1. The molecule has 8 heteroatoms. The van der Waals surface area contributed by atoms with E-state index in [9.17, 15) is 4.79 Å². The van der Waals surface area contributed by atoms with Gasteiger partial charge < -0.3 is 14.8 Å². The highest BCUT2D eigenvalue weighted by molar-refractivity contribution is 6.30. The minimum Gasteiger partial charge on any atom is -0.368 e. The number of piperazine rings is 1. The van der Waals surface area contributed by atoms with Crippen LogP contribution in [0.3, 0.4) is 0 Å². The number of benzene rings is 2. The van der Waals surface area contributed by atoms with E-state index >= 15 is 0 Å². The fraction of sp³-hybridized carbons (Fsp3) is 0.345. The summed E-state index contributed by atoms with van der Waals surface area (Å²) >= 11 is 6.02. The normalized spacial score (nSPS) is 17.9. The third kappa shape index (κ3) is 4.93. The maximum atomic E-state index is 13.3. The number of hydrogen-bond acceptors (Lipinski definition) is 5. The van der Waals surface area contributed by atoms with Crippen LogP contribution < -0.4 is 4.90 Å². The number of nitrogens with zero attached hydrogens (tertiary/aromatic N) is 5. The summed E-state index contributed by atoms with van der Waals surface area (Å²) in [6, 6.07) is 18.2. The van der Waals surface area contributed by atoms with Crippen LogP contribution in [0.1, 0.15) is 46.3 Å². The van der Waals surface area contributed by atoms with Gasteiger partial charge in [0.2, 0.25) is 0 Å². The Hall–Kier alpha value is -3.42. The minimum atomic E-state index is 0.0656. The van der Waals surface area contributed by atoms with E-state index in [2.05, 4.69) is 32.9 Å². The number of anilines is 1. The van der Waals surface area contributed by atoms with Crippen molar-refractivity contribution in [1.82, 2.24) is 24.8 Å². The number of aromatic amines is 1. The van der Waals surface area contributed by atoms with Crippen molar-refractivity contribution < 1.29 is 4.79 Å². The number of H-pyrrole nitrogens is 1. The van der Waals surface area contributed by atoms with Crippen molar-refractivity contribution in [3.05, 3.63) is 88.5 Å². The predicted molar refractivity (Wildman–Crippen MR) is 147 cm³/mol. The molecular formula is C29H31ClN6O. The molecule has 0 saturated carbocycles. The molecule has 0 spiro atoms. The lowest BCUT2D eigenvalue weighted by Crippen LogP contribution is -2.48. The predicted octanol–water partition coefficient (Wildman–Crippen LogP) is 5.08. The van der Waals surface area contributed by atoms with Gasteiger partial charge in [0.15, 0.2) is 0 Å². The van der Waals surface area contributed by atoms with E-state index in [0.29, 0.717) is 31.2 Å². The number of pyridine rings is 1. The molecule has 1 saturated heterocycles. The smallest absolute Gasteiger partial charge is 0.254 e. The number of amides is 1. The van der Waals surface area contributed by atoms with E-state index in [4.69, 9.17) is 16.6 Å². The first-order valence-corrected chi connectivity index (χ1v) is 13.4. The molecule has 1 aliphatic heterocycles. The Bertz CT molecular complexity index is 1410. The first-order chi connectivity index (χ1) is 18.0. The molecule has 1 N–H and O–H groups in total. The fourth-order valence-electron chi connectivity index (χ4n) is 5.63. The number of fused-ring (bicyclic) bond motifs is 2. The Morgan fingerprint density at radius 2 is 1.92 bits per heavy atom. The summed E-state index contributed by atoms with van der Waals surface area (Å²) in [4.78, 5) is 32.8. The summed E-state index contributed by atoms with van der Waals surface area (Å²) in [5.74, 6) is 0.970. The molecule has 2 aliphatic rings. The highest BCUT2D eigenvalue weighted by Crippen LogP contribution is 2.32. The zero-order valence-electron chi connectivity index (χ0n) is 21.0. The number of carbonyl (C=O) groups excluding carboxylic acids is 1. The van der Waals surface area contributed by atoms with Gasteiger partial charge >= 0.3 is 0 Å². The summed E-state index contributed by atoms with van der Waals surface area (Å²) in [5, 5.41) is 0.734. The molecular weight excluding hydrogens is 484 g/mol. The number of imidazole rings is 1. The highest BCUT2D eigenvalue weighted by Gasteiger charge is 2.26. The molecule has 2 aromatic carbocycles. The van der Waals surface area contributed by atoms with Gasteiger partial charge in [-0.15, -0.1) is 0 Å². The molecule has 1 atom stereocenters. The largest absolute Gasteiger partial charge is 0.368 e. The Morgan fingerprint density at radius 3 is 2.73 bits per heavy atom. The zero-order chi connectivity index (χ0) is 25.4. The van der Waals surface area contributed by atoms with Gasteiger partial charge in [-0.2, -0.15) is 0 Å². The summed E-state index contributed by atoms with van der Waals surface area (Å²) < 4.78 is 0. The summed E-state index contributed by atoms with van der Waals surface area (Å²) in [5.41, 5.74) is 6.16. The first kappa shape index (κ1) is 23.9. The Labute approximate surface area is 222 Å². The standard InChI is InChI=1S/C29H31ClN6O/c1-34(26-6-2-4-20-5-3-13-31-28(20)26)19-27-32-24-12-7-21(18-25(24)33-27)29(37)36-16-14-35(15-17-36)23-10-8-22(30)9-11-23/h3,5,7-13,18,26H,2,4,6,14-17,19H2,1H3,(H,32,33). The highest BCUT2D eigenvalue weighted by atomic mass is 35.5. The number of hydrogen-bond donors (Lipinski definition) is 1. The molecule has 0 radical (unpaired) electrons. The van der Waals surface area contributed by atoms with Crippen LogP contribution in [0, 0.1) is 0 Å². The van der Waals surface area contributed by atoms with Gasteiger partial charge in [-0.3, -0.25) is 14.7 Å². The van der Waals surface area contributed by atoms with Gasteiger partial charge in [0, 0.05) is 48.6 Å². The molecule has 3 heterocycles. The van der Waals surface area contributed by atoms with E-state index in [1.807, 2.05) is 59.6 Å². The van der Waals surface area contributed by atoms with Crippen molar-refractivity contribution >= 4 is 34.2 Å². The Kier molecular flexibility index (Phi) is 6.57. The van der Waals surface area contributed by atoms with Crippen LogP contribution in [0.5, 0.6) is 0 Å². The lowest BCUT2D eigenvalue weighted by Gasteiger charge is -2.36. The second-order valence-electron chi connectivity index (χ2n) is 10.0. The maximum absolute atomic E-state index is 13.3. The van der Waals surface area contributed by atoms with Crippen LogP contribution in [-0.4, -0.2) is 63.9 Å². The zero-order valence-corrected chi connectivity index (χ0v) is 21.8. The number of halogens is 1. The van der Waals surface area contributed by atoms with Crippen molar-refractivity contribution in [2.75, 3.05) is 38.1 Å². The number of carbonyl (C=O) groups is 1. The molecule has 4 aromatic rings.